The highest BCUT2D eigenvalue weighted by molar-refractivity contribution is 6.42. The maximum Gasteiger partial charge on any atom is 0.223 e. The van der Waals surface area contributed by atoms with Gasteiger partial charge in [-0.1, -0.05) is 29.3 Å². The summed E-state index contributed by atoms with van der Waals surface area (Å²) in [5.74, 6) is 0.891. The minimum absolute atomic E-state index is 0.0352. The first kappa shape index (κ1) is 19.9. The number of amides is 1. The molecule has 0 bridgehead atoms. The van der Waals surface area contributed by atoms with E-state index in [0.29, 0.717) is 15.7 Å². The van der Waals surface area contributed by atoms with Crippen LogP contribution in [0.25, 0.3) is 5.65 Å². The van der Waals surface area contributed by atoms with E-state index in [-0.39, 0.29) is 11.8 Å². The van der Waals surface area contributed by atoms with Crippen LogP contribution in [0.3, 0.4) is 0 Å². The molecule has 7 nitrogen and oxygen atoms in total. The van der Waals surface area contributed by atoms with Crippen molar-refractivity contribution in [1.29, 1.82) is 0 Å². The summed E-state index contributed by atoms with van der Waals surface area (Å²) in [6, 6.07) is 9.29. The highest BCUT2D eigenvalue weighted by atomic mass is 35.5. The molecular formula is C20H22Cl2N6O. The molecule has 0 unspecified atom stereocenters. The molecular weight excluding hydrogens is 411 g/mol. The Kier molecular flexibility index (Phi) is 5.36. The third kappa shape index (κ3) is 4.16. The molecule has 1 amide bonds. The van der Waals surface area contributed by atoms with Gasteiger partial charge in [-0.3, -0.25) is 4.79 Å². The fourth-order valence-corrected chi connectivity index (χ4v) is 3.92. The van der Waals surface area contributed by atoms with Gasteiger partial charge in [0.15, 0.2) is 5.65 Å². The lowest BCUT2D eigenvalue weighted by Crippen LogP contribution is -2.47. The molecule has 0 spiro atoms. The first-order valence-corrected chi connectivity index (χ1v) is 10.3. The zero-order valence-corrected chi connectivity index (χ0v) is 17.8. The van der Waals surface area contributed by atoms with Crippen molar-refractivity contribution in [3.8, 4) is 0 Å². The number of piperidine rings is 1. The highest BCUT2D eigenvalue weighted by Gasteiger charge is 2.30. The van der Waals surface area contributed by atoms with Crippen LogP contribution < -0.4 is 10.2 Å². The molecule has 29 heavy (non-hydrogen) atoms. The molecule has 0 saturated carbocycles. The molecule has 1 fully saturated rings. The van der Waals surface area contributed by atoms with Crippen molar-refractivity contribution in [2.75, 3.05) is 18.0 Å². The van der Waals surface area contributed by atoms with Crippen LogP contribution in [-0.2, 0) is 10.3 Å². The number of nitrogens with zero attached hydrogens (tertiary/aromatic N) is 5. The third-order valence-electron chi connectivity index (χ3n) is 5.41. The molecule has 4 rings (SSSR count). The van der Waals surface area contributed by atoms with Crippen LogP contribution in [0, 0.1) is 5.92 Å². The number of carbonyl (C=O) groups is 1. The molecule has 3 aromatic rings. The number of nitrogens with one attached hydrogen (secondary N) is 1. The zero-order chi connectivity index (χ0) is 20.6. The molecule has 1 aliphatic rings. The first-order chi connectivity index (χ1) is 13.8. The van der Waals surface area contributed by atoms with Crippen LogP contribution in [-0.4, -0.2) is 38.8 Å². The smallest absolute Gasteiger partial charge is 0.223 e. The molecule has 0 radical (unpaired) electrons. The van der Waals surface area contributed by atoms with E-state index in [9.17, 15) is 4.79 Å². The number of aromatic nitrogens is 4. The molecule has 1 N–H and O–H groups in total. The summed E-state index contributed by atoms with van der Waals surface area (Å²) in [5, 5.41) is 16.5. The van der Waals surface area contributed by atoms with Gasteiger partial charge in [0.25, 0.3) is 0 Å². The van der Waals surface area contributed by atoms with E-state index in [0.717, 1.165) is 37.3 Å². The van der Waals surface area contributed by atoms with Crippen LogP contribution in [0.5, 0.6) is 0 Å². The predicted molar refractivity (Wildman–Crippen MR) is 113 cm³/mol. The second-order valence-electron chi connectivity index (χ2n) is 7.83. The maximum absolute atomic E-state index is 12.9. The summed E-state index contributed by atoms with van der Waals surface area (Å²) < 4.78 is 1.66. The van der Waals surface area contributed by atoms with Gasteiger partial charge < -0.3 is 10.2 Å². The van der Waals surface area contributed by atoms with E-state index in [1.165, 1.54) is 0 Å². The van der Waals surface area contributed by atoms with Crippen LogP contribution in [0.1, 0.15) is 32.3 Å². The summed E-state index contributed by atoms with van der Waals surface area (Å²) in [5.41, 5.74) is 1.10. The highest BCUT2D eigenvalue weighted by Crippen LogP contribution is 2.29. The minimum atomic E-state index is -0.538. The fourth-order valence-electron chi connectivity index (χ4n) is 3.62. The summed E-state index contributed by atoms with van der Waals surface area (Å²) in [7, 11) is 0. The number of hydrogen-bond acceptors (Lipinski definition) is 5. The zero-order valence-electron chi connectivity index (χ0n) is 16.3. The van der Waals surface area contributed by atoms with Gasteiger partial charge in [0.1, 0.15) is 12.1 Å². The molecule has 9 heteroatoms. The lowest BCUT2D eigenvalue weighted by molar-refractivity contribution is -0.127. The molecule has 1 aromatic carbocycles. The van der Waals surface area contributed by atoms with E-state index in [1.807, 2.05) is 32.0 Å². The third-order valence-corrected chi connectivity index (χ3v) is 6.15. The summed E-state index contributed by atoms with van der Waals surface area (Å²) >= 11 is 12.2. The molecule has 0 aliphatic carbocycles. The second-order valence-corrected chi connectivity index (χ2v) is 8.64. The standard InChI is InChI=1S/C20H22Cl2N6O/c1-20(2,14-3-4-15(21)16(22)11-14)24-19(29)13-7-9-27(10-8-13)18-6-5-17-25-23-12-28(17)26-18/h3-6,11-13H,7-10H2,1-2H3,(H,24,29). The fraction of sp³-hybridized carbons (Fsp3) is 0.400. The topological polar surface area (TPSA) is 75.4 Å². The number of hydrogen-bond donors (Lipinski definition) is 1. The number of fused-ring (bicyclic) bond motifs is 1. The van der Waals surface area contributed by atoms with Crippen LogP contribution in [0.2, 0.25) is 10.0 Å². The van der Waals surface area contributed by atoms with Gasteiger partial charge in [-0.25, -0.2) is 0 Å². The van der Waals surface area contributed by atoms with Crippen LogP contribution in [0.15, 0.2) is 36.7 Å². The van der Waals surface area contributed by atoms with Crippen molar-refractivity contribution in [2.24, 2.45) is 5.92 Å². The largest absolute Gasteiger partial charge is 0.355 e. The Morgan fingerprint density at radius 1 is 1.14 bits per heavy atom. The van der Waals surface area contributed by atoms with E-state index >= 15 is 0 Å². The predicted octanol–water partition coefficient (Wildman–Crippen LogP) is 3.70. The molecule has 2 aromatic heterocycles. The van der Waals surface area contributed by atoms with Gasteiger partial charge in [-0.15, -0.1) is 15.3 Å². The van der Waals surface area contributed by atoms with Gasteiger partial charge in [0, 0.05) is 19.0 Å². The van der Waals surface area contributed by atoms with Crippen molar-refractivity contribution in [3.63, 3.8) is 0 Å². The van der Waals surface area contributed by atoms with Crippen LogP contribution in [0.4, 0.5) is 5.82 Å². The molecule has 0 atom stereocenters. The Morgan fingerprint density at radius 3 is 2.62 bits per heavy atom. The van der Waals surface area contributed by atoms with Gasteiger partial charge in [-0.05, 0) is 56.5 Å². The first-order valence-electron chi connectivity index (χ1n) is 9.53. The Balaban J connectivity index is 1.38. The lowest BCUT2D eigenvalue weighted by Gasteiger charge is -2.34. The second kappa shape index (κ2) is 7.80. The minimum Gasteiger partial charge on any atom is -0.355 e. The quantitative estimate of drug-likeness (QED) is 0.679. The average molecular weight is 433 g/mol. The Bertz CT molecular complexity index is 1040. The van der Waals surface area contributed by atoms with Gasteiger partial charge in [0.2, 0.25) is 5.91 Å². The van der Waals surface area contributed by atoms with Crippen molar-refractivity contribution in [3.05, 3.63) is 52.3 Å². The Labute approximate surface area is 179 Å². The van der Waals surface area contributed by atoms with Crippen molar-refractivity contribution in [1.82, 2.24) is 25.1 Å². The van der Waals surface area contributed by atoms with Gasteiger partial charge in [0.05, 0.1) is 15.6 Å². The van der Waals surface area contributed by atoms with E-state index < -0.39 is 5.54 Å². The lowest BCUT2D eigenvalue weighted by atomic mass is 9.90. The molecule has 152 valence electrons. The average Bonchev–Trinajstić information content (AvgIpc) is 3.17. The molecule has 1 saturated heterocycles. The van der Waals surface area contributed by atoms with Crippen molar-refractivity contribution < 1.29 is 4.79 Å². The summed E-state index contributed by atoms with van der Waals surface area (Å²) in [6.45, 7) is 5.48. The number of halogens is 2. The van der Waals surface area contributed by atoms with E-state index in [4.69, 9.17) is 23.2 Å². The molecule has 1 aliphatic heterocycles. The summed E-state index contributed by atoms with van der Waals surface area (Å²) in [6.07, 6.45) is 3.13. The van der Waals surface area contributed by atoms with E-state index in [2.05, 4.69) is 25.5 Å². The van der Waals surface area contributed by atoms with Crippen molar-refractivity contribution >= 4 is 40.6 Å². The Hall–Kier alpha value is -2.38. The number of anilines is 1. The SMILES string of the molecule is CC(C)(NC(=O)C1CCN(c2ccc3nncn3n2)CC1)c1ccc(Cl)c(Cl)c1. The monoisotopic (exact) mass is 432 g/mol. The molecule has 3 heterocycles. The number of carbonyl (C=O) groups excluding carboxylic acids is 1. The van der Waals surface area contributed by atoms with Gasteiger partial charge >= 0.3 is 0 Å². The Morgan fingerprint density at radius 2 is 1.90 bits per heavy atom. The van der Waals surface area contributed by atoms with E-state index in [1.54, 1.807) is 23.0 Å². The van der Waals surface area contributed by atoms with Gasteiger partial charge in [-0.2, -0.15) is 4.52 Å². The normalized spacial score (nSPS) is 15.7. The summed E-state index contributed by atoms with van der Waals surface area (Å²) in [4.78, 5) is 15.1. The number of benzene rings is 1. The number of rotatable bonds is 4. The van der Waals surface area contributed by atoms with Crippen molar-refractivity contribution in [2.45, 2.75) is 32.2 Å². The van der Waals surface area contributed by atoms with Crippen LogP contribution >= 0.6 is 23.2 Å². The maximum atomic E-state index is 12.9.